The van der Waals surface area contributed by atoms with Crippen LogP contribution in [-0.2, 0) is 16.0 Å². The maximum Gasteiger partial charge on any atom is 0.407 e. The average molecular weight is 440 g/mol. The van der Waals surface area contributed by atoms with Gasteiger partial charge in [-0.15, -0.1) is 0 Å². The number of hydrogen-bond acceptors (Lipinski definition) is 3. The lowest BCUT2D eigenvalue weighted by molar-refractivity contribution is -0.139. The van der Waals surface area contributed by atoms with Gasteiger partial charge in [0.2, 0.25) is 0 Å². The van der Waals surface area contributed by atoms with Crippen LogP contribution in [0.1, 0.15) is 29.0 Å². The molecule has 166 valence electrons. The van der Waals surface area contributed by atoms with Crippen LogP contribution < -0.4 is 5.32 Å². The minimum absolute atomic E-state index is 0.0716. The van der Waals surface area contributed by atoms with E-state index in [4.69, 9.17) is 4.74 Å². The number of carboxylic acid groups (broad SMARTS) is 1. The van der Waals surface area contributed by atoms with Gasteiger partial charge in [-0.25, -0.2) is 9.59 Å². The summed E-state index contributed by atoms with van der Waals surface area (Å²) in [7, 11) is 0. The summed E-state index contributed by atoms with van der Waals surface area (Å²) in [5.74, 6) is -1.15. The third-order valence-corrected chi connectivity index (χ3v) is 6.31. The van der Waals surface area contributed by atoms with Crippen molar-refractivity contribution in [2.45, 2.75) is 24.8 Å². The van der Waals surface area contributed by atoms with Crippen molar-refractivity contribution in [2.75, 3.05) is 6.61 Å². The lowest BCUT2D eigenvalue weighted by Gasteiger charge is -2.17. The predicted molar refractivity (Wildman–Crippen MR) is 126 cm³/mol. The van der Waals surface area contributed by atoms with Gasteiger partial charge >= 0.3 is 12.1 Å². The Labute approximate surface area is 191 Å². The number of carboxylic acids is 1. The van der Waals surface area contributed by atoms with E-state index in [2.05, 4.69) is 22.4 Å². The topological polar surface area (TPSA) is 91.4 Å². The van der Waals surface area contributed by atoms with Gasteiger partial charge in [0.25, 0.3) is 0 Å². The molecule has 3 N–H and O–H groups in total. The zero-order chi connectivity index (χ0) is 22.8. The van der Waals surface area contributed by atoms with Crippen LogP contribution in [0.5, 0.6) is 0 Å². The molecule has 1 heterocycles. The number of rotatable bonds is 7. The first-order chi connectivity index (χ1) is 16.1. The lowest BCUT2D eigenvalue weighted by Crippen LogP contribution is -2.41. The molecule has 33 heavy (non-hydrogen) atoms. The van der Waals surface area contributed by atoms with Crippen LogP contribution in [0, 0.1) is 0 Å². The number of aliphatic carboxylic acids is 1. The highest BCUT2D eigenvalue weighted by Gasteiger charge is 2.29. The summed E-state index contributed by atoms with van der Waals surface area (Å²) >= 11 is 0. The third kappa shape index (κ3) is 4.07. The molecule has 1 atom stereocenters. The fourth-order valence-corrected chi connectivity index (χ4v) is 4.68. The fourth-order valence-electron chi connectivity index (χ4n) is 4.68. The Morgan fingerprint density at radius 1 is 0.939 bits per heavy atom. The number of carbonyl (C=O) groups excluding carboxylic acids is 1. The molecule has 0 spiro atoms. The number of hydrogen-bond donors (Lipinski definition) is 3. The van der Waals surface area contributed by atoms with E-state index in [-0.39, 0.29) is 18.9 Å². The van der Waals surface area contributed by atoms with Crippen LogP contribution in [0.2, 0.25) is 0 Å². The second kappa shape index (κ2) is 8.82. The van der Waals surface area contributed by atoms with Crippen molar-refractivity contribution in [3.05, 3.63) is 95.7 Å². The minimum Gasteiger partial charge on any atom is -0.480 e. The Balaban J connectivity index is 1.23. The van der Waals surface area contributed by atoms with Crippen molar-refractivity contribution < 1.29 is 19.4 Å². The van der Waals surface area contributed by atoms with Gasteiger partial charge in [0.15, 0.2) is 0 Å². The number of alkyl carbamates (subject to hydrolysis) is 1. The van der Waals surface area contributed by atoms with Crippen LogP contribution in [0.4, 0.5) is 4.79 Å². The van der Waals surface area contributed by atoms with Crippen LogP contribution >= 0.6 is 0 Å². The molecule has 0 radical (unpaired) electrons. The van der Waals surface area contributed by atoms with E-state index in [9.17, 15) is 14.7 Å². The number of carbonyl (C=O) groups is 2. The highest BCUT2D eigenvalue weighted by molar-refractivity contribution is 5.84. The number of amides is 1. The van der Waals surface area contributed by atoms with Crippen molar-refractivity contribution >= 4 is 23.0 Å². The van der Waals surface area contributed by atoms with E-state index in [1.54, 1.807) is 0 Å². The zero-order valence-corrected chi connectivity index (χ0v) is 18.0. The summed E-state index contributed by atoms with van der Waals surface area (Å²) in [6.45, 7) is 0.147. The molecule has 6 nitrogen and oxygen atoms in total. The molecule has 0 saturated carbocycles. The number of H-pyrrole nitrogens is 1. The van der Waals surface area contributed by atoms with Crippen molar-refractivity contribution in [1.29, 1.82) is 0 Å². The van der Waals surface area contributed by atoms with Crippen molar-refractivity contribution in [2.24, 2.45) is 0 Å². The Kier molecular flexibility index (Phi) is 5.57. The highest BCUT2D eigenvalue weighted by atomic mass is 16.5. The summed E-state index contributed by atoms with van der Waals surface area (Å²) < 4.78 is 5.51. The molecule has 3 aromatic carbocycles. The molecule has 4 aromatic rings. The molecule has 0 aliphatic heterocycles. The van der Waals surface area contributed by atoms with Gasteiger partial charge < -0.3 is 20.1 Å². The van der Waals surface area contributed by atoms with Gasteiger partial charge in [0.05, 0.1) is 0 Å². The summed E-state index contributed by atoms with van der Waals surface area (Å²) in [5, 5.41) is 13.2. The SMILES string of the molecule is O=C(NC(CCc1c[nH]c2ccccc12)C(=O)O)OCC1c2ccccc2-c2ccccc21. The smallest absolute Gasteiger partial charge is 0.407 e. The maximum atomic E-state index is 12.5. The van der Waals surface area contributed by atoms with E-state index in [1.807, 2.05) is 66.9 Å². The number of ether oxygens (including phenoxy) is 1. The Hall–Kier alpha value is -4.06. The molecule has 0 fully saturated rings. The summed E-state index contributed by atoms with van der Waals surface area (Å²) in [6, 6.07) is 23.0. The monoisotopic (exact) mass is 440 g/mol. The van der Waals surface area contributed by atoms with E-state index >= 15 is 0 Å². The van der Waals surface area contributed by atoms with Gasteiger partial charge in [-0.3, -0.25) is 0 Å². The van der Waals surface area contributed by atoms with Crippen molar-refractivity contribution in [3.63, 3.8) is 0 Å². The molecular weight excluding hydrogens is 416 g/mol. The number of para-hydroxylation sites is 1. The highest BCUT2D eigenvalue weighted by Crippen LogP contribution is 2.44. The normalized spacial score (nSPS) is 13.3. The van der Waals surface area contributed by atoms with Gasteiger partial charge in [-0.2, -0.15) is 0 Å². The molecule has 1 aliphatic rings. The van der Waals surface area contributed by atoms with Crippen molar-refractivity contribution in [3.8, 4) is 11.1 Å². The molecule has 1 unspecified atom stereocenters. The van der Waals surface area contributed by atoms with E-state index in [1.165, 1.54) is 0 Å². The second-order valence-electron chi connectivity index (χ2n) is 8.26. The maximum absolute atomic E-state index is 12.5. The van der Waals surface area contributed by atoms with E-state index in [0.717, 1.165) is 38.7 Å². The van der Waals surface area contributed by atoms with E-state index in [0.29, 0.717) is 6.42 Å². The van der Waals surface area contributed by atoms with Crippen molar-refractivity contribution in [1.82, 2.24) is 10.3 Å². The number of aromatic nitrogens is 1. The standard InChI is InChI=1S/C27H24N2O4/c30-26(31)25(14-13-17-15-28-24-12-6-5-7-18(17)24)29-27(32)33-16-23-21-10-3-1-8-19(21)20-9-2-4-11-22(20)23/h1-12,15,23,25,28H,13-14,16H2,(H,29,32)(H,30,31). The number of aryl methyl sites for hydroxylation is 1. The molecule has 1 aliphatic carbocycles. The first kappa shape index (κ1) is 20.8. The van der Waals surface area contributed by atoms with Gasteiger partial charge in [0.1, 0.15) is 12.6 Å². The molecule has 1 amide bonds. The predicted octanol–water partition coefficient (Wildman–Crippen LogP) is 5.09. The number of fused-ring (bicyclic) bond motifs is 4. The first-order valence-electron chi connectivity index (χ1n) is 11.0. The molecular formula is C27H24N2O4. The number of nitrogens with one attached hydrogen (secondary N) is 2. The van der Waals surface area contributed by atoms with Gasteiger partial charge in [-0.1, -0.05) is 66.7 Å². The van der Waals surface area contributed by atoms with Crippen LogP contribution in [0.15, 0.2) is 79.0 Å². The molecule has 1 aromatic heterocycles. The first-order valence-corrected chi connectivity index (χ1v) is 11.0. The Bertz CT molecular complexity index is 1280. The summed E-state index contributed by atoms with van der Waals surface area (Å²) in [6.07, 6.45) is 1.95. The van der Waals surface area contributed by atoms with Crippen LogP contribution in [0.3, 0.4) is 0 Å². The lowest BCUT2D eigenvalue weighted by atomic mass is 9.98. The van der Waals surface area contributed by atoms with E-state index < -0.39 is 18.1 Å². The number of aromatic amines is 1. The Morgan fingerprint density at radius 3 is 2.27 bits per heavy atom. The molecule has 0 bridgehead atoms. The average Bonchev–Trinajstić information content (AvgIpc) is 3.39. The largest absolute Gasteiger partial charge is 0.480 e. The summed E-state index contributed by atoms with van der Waals surface area (Å²) in [5.41, 5.74) is 6.53. The molecule has 0 saturated heterocycles. The fraction of sp³-hybridized carbons (Fsp3) is 0.185. The Morgan fingerprint density at radius 2 is 1.58 bits per heavy atom. The molecule has 6 heteroatoms. The minimum atomic E-state index is -1.08. The quantitative estimate of drug-likeness (QED) is 0.373. The van der Waals surface area contributed by atoms with Gasteiger partial charge in [0, 0.05) is 23.0 Å². The third-order valence-electron chi connectivity index (χ3n) is 6.31. The molecule has 5 rings (SSSR count). The van der Waals surface area contributed by atoms with Crippen LogP contribution in [0.25, 0.3) is 22.0 Å². The number of benzene rings is 3. The summed E-state index contributed by atoms with van der Waals surface area (Å²) in [4.78, 5) is 27.5. The van der Waals surface area contributed by atoms with Gasteiger partial charge in [-0.05, 0) is 46.7 Å². The van der Waals surface area contributed by atoms with Crippen LogP contribution in [-0.4, -0.2) is 34.8 Å². The zero-order valence-electron chi connectivity index (χ0n) is 18.0. The second-order valence-corrected chi connectivity index (χ2v) is 8.26.